The molecule has 0 aliphatic heterocycles. The highest BCUT2D eigenvalue weighted by atomic mass is 32.1. The summed E-state index contributed by atoms with van der Waals surface area (Å²) in [6, 6.07) is 1.52. The second-order valence-electron chi connectivity index (χ2n) is 2.76. The maximum atomic E-state index is 11.6. The number of aromatic nitrogens is 1. The number of rotatable bonds is 5. The summed E-state index contributed by atoms with van der Waals surface area (Å²) in [5.41, 5.74) is -0.0336. The van der Waals surface area contributed by atoms with Crippen molar-refractivity contribution in [2.24, 2.45) is 0 Å². The van der Waals surface area contributed by atoms with Crippen LogP contribution in [0.1, 0.15) is 10.5 Å². The molecule has 0 saturated heterocycles. The number of allylic oxidation sites excluding steroid dienone is 1. The van der Waals surface area contributed by atoms with Crippen LogP contribution in [0.2, 0.25) is 0 Å². The van der Waals surface area contributed by atoms with Gasteiger partial charge in [0.1, 0.15) is 5.69 Å². The van der Waals surface area contributed by atoms with Gasteiger partial charge in [0.25, 0.3) is 0 Å². The summed E-state index contributed by atoms with van der Waals surface area (Å²) in [5, 5.41) is 11.5. The van der Waals surface area contributed by atoms with Gasteiger partial charge in [0, 0.05) is 18.5 Å². The summed E-state index contributed by atoms with van der Waals surface area (Å²) < 4.78 is 3.81. The first-order valence-corrected chi connectivity index (χ1v) is 5.07. The number of carboxylic acid groups (broad SMARTS) is 1. The number of hydroxylamine groups is 2. The van der Waals surface area contributed by atoms with Crippen LogP contribution in [-0.4, -0.2) is 40.5 Å². The van der Waals surface area contributed by atoms with Crippen LogP contribution in [0.15, 0.2) is 23.2 Å². The second-order valence-corrected chi connectivity index (χ2v) is 3.43. The van der Waals surface area contributed by atoms with E-state index < -0.39 is 11.8 Å². The average Bonchev–Trinajstić information content (AvgIpc) is 2.77. The van der Waals surface area contributed by atoms with Crippen molar-refractivity contribution in [1.29, 1.82) is 0 Å². The summed E-state index contributed by atoms with van der Waals surface area (Å²) in [5.74, 6) is -1.71. The van der Waals surface area contributed by atoms with Gasteiger partial charge in [-0.15, -0.1) is 0 Å². The van der Waals surface area contributed by atoms with Crippen molar-refractivity contribution >= 4 is 23.3 Å². The Balaban J connectivity index is 2.95. The van der Waals surface area contributed by atoms with E-state index in [9.17, 15) is 9.59 Å². The molecule has 1 aromatic rings. The van der Waals surface area contributed by atoms with Gasteiger partial charge in [-0.05, 0) is 17.6 Å². The fourth-order valence-corrected chi connectivity index (χ4v) is 1.44. The third kappa shape index (κ3) is 2.88. The quantitative estimate of drug-likeness (QED) is 0.467. The Morgan fingerprint density at radius 2 is 2.31 bits per heavy atom. The maximum absolute atomic E-state index is 11.6. The predicted octanol–water partition coefficient (Wildman–Crippen LogP) is 0.788. The zero-order valence-corrected chi connectivity index (χ0v) is 9.52. The first-order chi connectivity index (χ1) is 7.56. The number of nitrogens with zero attached hydrogens (tertiary/aromatic N) is 2. The van der Waals surface area contributed by atoms with Crippen molar-refractivity contribution in [3.05, 3.63) is 28.9 Å². The Labute approximate surface area is 95.9 Å². The van der Waals surface area contributed by atoms with Crippen LogP contribution in [-0.2, 0) is 9.63 Å². The molecule has 16 heavy (non-hydrogen) atoms. The van der Waals surface area contributed by atoms with Crippen LogP contribution in [0.5, 0.6) is 0 Å². The lowest BCUT2D eigenvalue weighted by Gasteiger charge is -2.15. The molecule has 0 saturated carbocycles. The molecule has 1 N–H and O–H groups in total. The van der Waals surface area contributed by atoms with Crippen molar-refractivity contribution in [2.75, 3.05) is 14.2 Å². The number of carbonyl (C=O) groups excluding carboxylic acids is 1. The van der Waals surface area contributed by atoms with Crippen molar-refractivity contribution in [3.63, 3.8) is 0 Å². The summed E-state index contributed by atoms with van der Waals surface area (Å²) >= 11 is 1.13. The molecule has 0 radical (unpaired) electrons. The van der Waals surface area contributed by atoms with Crippen molar-refractivity contribution in [3.8, 4) is 0 Å². The van der Waals surface area contributed by atoms with E-state index in [0.29, 0.717) is 0 Å². The number of carboxylic acids is 1. The smallest absolute Gasteiger partial charge is 0.354 e. The van der Waals surface area contributed by atoms with Crippen molar-refractivity contribution < 1.29 is 19.5 Å². The molecule has 0 unspecified atom stereocenters. The van der Waals surface area contributed by atoms with E-state index in [1.807, 2.05) is 0 Å². The number of likely N-dealkylation sites (N-methyl/N-ethyl adjacent to an activating group) is 1. The van der Waals surface area contributed by atoms with Gasteiger partial charge in [0.05, 0.1) is 7.11 Å². The number of carbonyl (C=O) groups is 2. The Morgan fingerprint density at radius 1 is 1.62 bits per heavy atom. The van der Waals surface area contributed by atoms with Gasteiger partial charge in [-0.1, -0.05) is 0 Å². The molecule has 0 spiro atoms. The zero-order valence-electron chi connectivity index (χ0n) is 8.71. The minimum absolute atomic E-state index is 0.216. The van der Waals surface area contributed by atoms with E-state index in [2.05, 4.69) is 4.37 Å². The topological polar surface area (TPSA) is 79.7 Å². The molecule has 86 valence electrons. The zero-order chi connectivity index (χ0) is 12.1. The van der Waals surface area contributed by atoms with Crippen molar-refractivity contribution in [2.45, 2.75) is 0 Å². The Bertz CT molecular complexity index is 413. The van der Waals surface area contributed by atoms with E-state index in [1.54, 1.807) is 5.38 Å². The molecular weight excluding hydrogens is 232 g/mol. The van der Waals surface area contributed by atoms with Crippen LogP contribution in [0.25, 0.3) is 0 Å². The molecule has 0 aliphatic rings. The van der Waals surface area contributed by atoms with Crippen LogP contribution in [0.3, 0.4) is 0 Å². The fourth-order valence-electron chi connectivity index (χ4n) is 0.923. The molecule has 0 aromatic carbocycles. The standard InChI is InChI=1S/C9H10N2O4S/c1-11(15-2)7(9(13)14)5-8(12)6-3-4-16-10-6/h3-5H,1-2H3,(H,13,14). The van der Waals surface area contributed by atoms with Gasteiger partial charge in [0.2, 0.25) is 5.78 Å². The number of hydrogen-bond donors (Lipinski definition) is 1. The summed E-state index contributed by atoms with van der Waals surface area (Å²) in [6.45, 7) is 0. The molecule has 1 aromatic heterocycles. The van der Waals surface area contributed by atoms with Gasteiger partial charge in [-0.25, -0.2) is 4.79 Å². The fraction of sp³-hybridized carbons (Fsp3) is 0.222. The first-order valence-electron chi connectivity index (χ1n) is 4.23. The molecule has 0 amide bonds. The van der Waals surface area contributed by atoms with Gasteiger partial charge >= 0.3 is 5.97 Å². The predicted molar refractivity (Wildman–Crippen MR) is 56.9 cm³/mol. The molecule has 1 heterocycles. The second kappa shape index (κ2) is 5.38. The molecule has 0 aliphatic carbocycles. The Kier molecular flexibility index (Phi) is 4.15. The summed E-state index contributed by atoms with van der Waals surface area (Å²) in [6.07, 6.45) is 0.973. The highest BCUT2D eigenvalue weighted by Crippen LogP contribution is 2.07. The molecule has 6 nitrogen and oxygen atoms in total. The van der Waals surface area contributed by atoms with Crippen LogP contribution in [0.4, 0.5) is 0 Å². The largest absolute Gasteiger partial charge is 0.477 e. The van der Waals surface area contributed by atoms with Gasteiger partial charge in [-0.3, -0.25) is 14.7 Å². The minimum atomic E-state index is -1.24. The lowest BCUT2D eigenvalue weighted by Crippen LogP contribution is -2.23. The van der Waals surface area contributed by atoms with Crippen LogP contribution >= 0.6 is 11.5 Å². The summed E-state index contributed by atoms with van der Waals surface area (Å²) in [4.78, 5) is 27.1. The minimum Gasteiger partial charge on any atom is -0.477 e. The third-order valence-electron chi connectivity index (χ3n) is 1.79. The van der Waals surface area contributed by atoms with E-state index in [0.717, 1.165) is 22.7 Å². The lowest BCUT2D eigenvalue weighted by molar-refractivity contribution is -0.144. The van der Waals surface area contributed by atoms with Crippen LogP contribution in [0, 0.1) is 0 Å². The SMILES string of the molecule is CON(C)C(=CC(=O)c1ccsn1)C(=O)O. The molecule has 0 atom stereocenters. The van der Waals surface area contributed by atoms with Crippen molar-refractivity contribution in [1.82, 2.24) is 9.44 Å². The molecule has 1 rings (SSSR count). The first kappa shape index (κ1) is 12.3. The monoisotopic (exact) mass is 242 g/mol. The summed E-state index contributed by atoms with van der Waals surface area (Å²) in [7, 11) is 2.71. The molecule has 0 bridgehead atoms. The van der Waals surface area contributed by atoms with Gasteiger partial charge in [-0.2, -0.15) is 4.37 Å². The molecule has 7 heteroatoms. The highest BCUT2D eigenvalue weighted by molar-refractivity contribution is 7.03. The van der Waals surface area contributed by atoms with Gasteiger partial charge < -0.3 is 5.11 Å². The Hall–Kier alpha value is -1.73. The highest BCUT2D eigenvalue weighted by Gasteiger charge is 2.16. The number of aliphatic carboxylic acids is 1. The molecule has 0 fully saturated rings. The van der Waals surface area contributed by atoms with E-state index >= 15 is 0 Å². The number of ketones is 1. The molecular formula is C9H10N2O4S. The van der Waals surface area contributed by atoms with E-state index in [-0.39, 0.29) is 11.4 Å². The normalized spacial score (nSPS) is 11.2. The Morgan fingerprint density at radius 3 is 2.75 bits per heavy atom. The van der Waals surface area contributed by atoms with E-state index in [1.165, 1.54) is 20.2 Å². The van der Waals surface area contributed by atoms with Crippen LogP contribution < -0.4 is 0 Å². The number of hydrogen-bond acceptors (Lipinski definition) is 6. The average molecular weight is 242 g/mol. The van der Waals surface area contributed by atoms with E-state index in [4.69, 9.17) is 9.94 Å². The lowest BCUT2D eigenvalue weighted by atomic mass is 10.2. The van der Waals surface area contributed by atoms with Gasteiger partial charge in [0.15, 0.2) is 5.70 Å². The maximum Gasteiger partial charge on any atom is 0.354 e. The third-order valence-corrected chi connectivity index (χ3v) is 2.35.